The predicted molar refractivity (Wildman–Crippen MR) is 126 cm³/mol. The SMILES string of the molecule is CON=C1CN(C(=O)c2ccc(-c3ccccc3C)cc2)C(C(N)=O)(c2ccccc2O)C1. The van der Waals surface area contributed by atoms with Crippen LogP contribution in [0.15, 0.2) is 78.0 Å². The first-order chi connectivity index (χ1) is 15.9. The maximum absolute atomic E-state index is 13.7. The molecule has 3 aromatic rings. The molecule has 3 N–H and O–H groups in total. The fourth-order valence-corrected chi connectivity index (χ4v) is 4.46. The van der Waals surface area contributed by atoms with Crippen LogP contribution in [-0.4, -0.2) is 41.2 Å². The Kier molecular flexibility index (Phi) is 5.87. The van der Waals surface area contributed by atoms with E-state index in [-0.39, 0.29) is 24.3 Å². The maximum Gasteiger partial charge on any atom is 0.255 e. The molecule has 1 aliphatic heterocycles. The number of aromatic hydroxyl groups is 1. The third-order valence-electron chi connectivity index (χ3n) is 6.07. The predicted octanol–water partition coefficient (Wildman–Crippen LogP) is 3.60. The molecule has 7 nitrogen and oxygen atoms in total. The first-order valence-electron chi connectivity index (χ1n) is 10.5. The molecule has 1 atom stereocenters. The van der Waals surface area contributed by atoms with Gasteiger partial charge < -0.3 is 20.6 Å². The van der Waals surface area contributed by atoms with Gasteiger partial charge in [0.05, 0.1) is 12.3 Å². The van der Waals surface area contributed by atoms with Crippen LogP contribution in [0.4, 0.5) is 0 Å². The van der Waals surface area contributed by atoms with Gasteiger partial charge in [0.2, 0.25) is 5.91 Å². The molecule has 33 heavy (non-hydrogen) atoms. The summed E-state index contributed by atoms with van der Waals surface area (Å²) >= 11 is 0. The Hall–Kier alpha value is -4.13. The van der Waals surface area contributed by atoms with Gasteiger partial charge in [-0.05, 0) is 41.8 Å². The van der Waals surface area contributed by atoms with Crippen LogP contribution in [0.1, 0.15) is 27.9 Å². The Morgan fingerprint density at radius 2 is 1.70 bits per heavy atom. The Bertz CT molecular complexity index is 1240. The number of benzene rings is 3. The highest BCUT2D eigenvalue weighted by Gasteiger charge is 2.54. The molecule has 7 heteroatoms. The lowest BCUT2D eigenvalue weighted by molar-refractivity contribution is -0.128. The third kappa shape index (κ3) is 3.82. The van der Waals surface area contributed by atoms with Gasteiger partial charge in [-0.1, -0.05) is 59.8 Å². The zero-order valence-electron chi connectivity index (χ0n) is 18.5. The van der Waals surface area contributed by atoms with Crippen LogP contribution < -0.4 is 5.73 Å². The number of carbonyl (C=O) groups excluding carboxylic acids is 2. The molecule has 1 saturated heterocycles. The minimum absolute atomic E-state index is 0.0286. The lowest BCUT2D eigenvalue weighted by Crippen LogP contribution is -2.53. The molecule has 168 valence electrons. The number of carbonyl (C=O) groups is 2. The summed E-state index contributed by atoms with van der Waals surface area (Å²) in [5.74, 6) is -1.27. The van der Waals surface area contributed by atoms with E-state index in [4.69, 9.17) is 10.6 Å². The number of hydrogen-bond acceptors (Lipinski definition) is 5. The summed E-state index contributed by atoms with van der Waals surface area (Å²) < 4.78 is 0. The van der Waals surface area contributed by atoms with Crippen molar-refractivity contribution in [2.24, 2.45) is 10.9 Å². The van der Waals surface area contributed by atoms with Gasteiger partial charge in [-0.15, -0.1) is 0 Å². The van der Waals surface area contributed by atoms with Crippen LogP contribution in [0.25, 0.3) is 11.1 Å². The van der Waals surface area contributed by atoms with Crippen LogP contribution in [0, 0.1) is 6.92 Å². The Morgan fingerprint density at radius 1 is 1.03 bits per heavy atom. The van der Waals surface area contributed by atoms with Crippen molar-refractivity contribution >= 4 is 17.5 Å². The molecule has 1 aliphatic rings. The Labute approximate surface area is 192 Å². The van der Waals surface area contributed by atoms with Crippen LogP contribution in [0.5, 0.6) is 5.75 Å². The summed E-state index contributed by atoms with van der Waals surface area (Å²) in [5.41, 5.74) is 8.60. The van der Waals surface area contributed by atoms with E-state index in [1.54, 1.807) is 30.3 Å². The summed E-state index contributed by atoms with van der Waals surface area (Å²) in [4.78, 5) is 32.8. The van der Waals surface area contributed by atoms with Crippen molar-refractivity contribution in [1.82, 2.24) is 4.90 Å². The second-order valence-corrected chi connectivity index (χ2v) is 8.04. The molecule has 1 fully saturated rings. The van der Waals surface area contributed by atoms with Crippen molar-refractivity contribution in [1.29, 1.82) is 0 Å². The molecule has 3 aromatic carbocycles. The number of amides is 2. The minimum atomic E-state index is -1.59. The summed E-state index contributed by atoms with van der Waals surface area (Å²) in [6, 6.07) is 21.6. The van der Waals surface area contributed by atoms with Crippen molar-refractivity contribution in [3.8, 4) is 16.9 Å². The van der Waals surface area contributed by atoms with Gasteiger partial charge >= 0.3 is 0 Å². The van der Waals surface area contributed by atoms with Crippen molar-refractivity contribution in [3.63, 3.8) is 0 Å². The standard InChI is InChI=1S/C26H25N3O4/c1-17-7-3-4-8-21(17)18-11-13-19(14-12-18)24(31)29-16-20(28-33-2)15-26(29,25(27)32)22-9-5-6-10-23(22)30/h3-14,30H,15-16H2,1-2H3,(H2,27,32). The molecular weight excluding hydrogens is 418 g/mol. The lowest BCUT2D eigenvalue weighted by Gasteiger charge is -2.36. The molecule has 0 radical (unpaired) electrons. The van der Waals surface area contributed by atoms with E-state index >= 15 is 0 Å². The molecule has 2 amide bonds. The number of primary amides is 1. The molecule has 4 rings (SSSR count). The largest absolute Gasteiger partial charge is 0.508 e. The number of phenols is 1. The highest BCUT2D eigenvalue weighted by molar-refractivity contribution is 6.08. The van der Waals surface area contributed by atoms with Gasteiger partial charge in [0.1, 0.15) is 12.9 Å². The monoisotopic (exact) mass is 443 g/mol. The smallest absolute Gasteiger partial charge is 0.255 e. The van der Waals surface area contributed by atoms with Gasteiger partial charge in [-0.2, -0.15) is 0 Å². The van der Waals surface area contributed by atoms with E-state index in [0.29, 0.717) is 11.3 Å². The number of likely N-dealkylation sites (tertiary alicyclic amines) is 1. The van der Waals surface area contributed by atoms with Gasteiger partial charge in [0, 0.05) is 17.5 Å². The second kappa shape index (κ2) is 8.78. The molecule has 0 aliphatic carbocycles. The van der Waals surface area contributed by atoms with Crippen molar-refractivity contribution in [3.05, 3.63) is 89.5 Å². The molecular formula is C26H25N3O4. The van der Waals surface area contributed by atoms with Gasteiger partial charge in [-0.3, -0.25) is 9.59 Å². The van der Waals surface area contributed by atoms with E-state index in [1.165, 1.54) is 18.1 Å². The Balaban J connectivity index is 1.77. The number of rotatable bonds is 5. The van der Waals surface area contributed by atoms with Gasteiger partial charge in [0.15, 0.2) is 5.54 Å². The van der Waals surface area contributed by atoms with Crippen molar-refractivity contribution < 1.29 is 19.5 Å². The normalized spacial score (nSPS) is 19.0. The first kappa shape index (κ1) is 22.1. The number of nitrogens with two attached hydrogens (primary N) is 1. The average Bonchev–Trinajstić information content (AvgIpc) is 3.20. The zero-order valence-corrected chi connectivity index (χ0v) is 18.5. The molecule has 0 spiro atoms. The molecule has 0 saturated carbocycles. The quantitative estimate of drug-likeness (QED) is 0.588. The Morgan fingerprint density at radius 3 is 2.33 bits per heavy atom. The summed E-state index contributed by atoms with van der Waals surface area (Å²) in [6.07, 6.45) is 0.0286. The van der Waals surface area contributed by atoms with Crippen LogP contribution in [0.2, 0.25) is 0 Å². The molecule has 0 bridgehead atoms. The second-order valence-electron chi connectivity index (χ2n) is 8.04. The number of oxime groups is 1. The van der Waals surface area contributed by atoms with Gasteiger partial charge in [0.25, 0.3) is 5.91 Å². The van der Waals surface area contributed by atoms with E-state index < -0.39 is 17.4 Å². The van der Waals surface area contributed by atoms with Gasteiger partial charge in [-0.25, -0.2) is 0 Å². The van der Waals surface area contributed by atoms with E-state index in [1.807, 2.05) is 43.3 Å². The summed E-state index contributed by atoms with van der Waals surface area (Å²) in [7, 11) is 1.40. The average molecular weight is 444 g/mol. The highest BCUT2D eigenvalue weighted by atomic mass is 16.6. The van der Waals surface area contributed by atoms with Crippen LogP contribution >= 0.6 is 0 Å². The third-order valence-corrected chi connectivity index (χ3v) is 6.07. The van der Waals surface area contributed by atoms with E-state index in [2.05, 4.69) is 5.16 Å². The first-order valence-corrected chi connectivity index (χ1v) is 10.5. The molecule has 1 heterocycles. The number of nitrogens with zero attached hydrogens (tertiary/aromatic N) is 2. The van der Waals surface area contributed by atoms with E-state index in [0.717, 1.165) is 16.7 Å². The number of para-hydroxylation sites is 1. The van der Waals surface area contributed by atoms with Crippen LogP contribution in [0.3, 0.4) is 0 Å². The summed E-state index contributed by atoms with van der Waals surface area (Å²) in [5, 5.41) is 14.5. The highest BCUT2D eigenvalue weighted by Crippen LogP contribution is 2.42. The summed E-state index contributed by atoms with van der Waals surface area (Å²) in [6.45, 7) is 2.08. The van der Waals surface area contributed by atoms with E-state index in [9.17, 15) is 14.7 Å². The number of phenolic OH excluding ortho intramolecular Hbond substituents is 1. The van der Waals surface area contributed by atoms with Crippen molar-refractivity contribution in [2.75, 3.05) is 13.7 Å². The fraction of sp³-hybridized carbons (Fsp3) is 0.192. The lowest BCUT2D eigenvalue weighted by atomic mass is 9.85. The molecule has 0 aromatic heterocycles. The fourth-order valence-electron chi connectivity index (χ4n) is 4.46. The number of aryl methyl sites for hydroxylation is 1. The van der Waals surface area contributed by atoms with Crippen LogP contribution in [-0.2, 0) is 15.2 Å². The maximum atomic E-state index is 13.7. The van der Waals surface area contributed by atoms with Crippen molar-refractivity contribution in [2.45, 2.75) is 18.9 Å². The number of hydrogen-bond donors (Lipinski definition) is 2. The minimum Gasteiger partial charge on any atom is -0.508 e. The topological polar surface area (TPSA) is 105 Å². The molecule has 1 unspecified atom stereocenters. The zero-order chi connectivity index (χ0) is 23.6.